The summed E-state index contributed by atoms with van der Waals surface area (Å²) in [4.78, 5) is 27.3. The van der Waals surface area contributed by atoms with E-state index in [1.165, 1.54) is 12.1 Å². The van der Waals surface area contributed by atoms with Crippen LogP contribution in [-0.4, -0.2) is 22.1 Å². The van der Waals surface area contributed by atoms with Crippen molar-refractivity contribution in [3.05, 3.63) is 89.1 Å². The molecule has 0 aliphatic carbocycles. The second-order valence-corrected chi connectivity index (χ2v) is 7.39. The van der Waals surface area contributed by atoms with Crippen molar-refractivity contribution >= 4 is 40.2 Å². The number of benzene rings is 3. The van der Waals surface area contributed by atoms with Crippen LogP contribution in [0.15, 0.2) is 72.9 Å². The fourth-order valence-corrected chi connectivity index (χ4v) is 3.41. The van der Waals surface area contributed by atoms with E-state index in [9.17, 15) is 9.59 Å². The van der Waals surface area contributed by atoms with Gasteiger partial charge >= 0.3 is 6.09 Å². The highest BCUT2D eigenvalue weighted by atomic mass is 35.5. The van der Waals surface area contributed by atoms with Gasteiger partial charge in [0.2, 0.25) is 0 Å². The molecule has 4 aromatic rings. The predicted octanol–water partition coefficient (Wildman–Crippen LogP) is 5.45. The molecule has 2 amide bonds. The summed E-state index contributed by atoms with van der Waals surface area (Å²) in [6.45, 7) is 0.262. The normalized spacial score (nSPS) is 10.6. The van der Waals surface area contributed by atoms with Crippen LogP contribution < -0.4 is 20.5 Å². The SMILES string of the molecule is NC(=O)c1cc2c(Oc3ccc(NC(=O)O)c(Cl)c3)ccnc2cc1OCc1ccccc1. The van der Waals surface area contributed by atoms with Gasteiger partial charge in [-0.3, -0.25) is 15.1 Å². The Kier molecular flexibility index (Phi) is 6.28. The number of nitrogens with one attached hydrogen (secondary N) is 1. The molecule has 33 heavy (non-hydrogen) atoms. The first-order chi connectivity index (χ1) is 15.9. The van der Waals surface area contributed by atoms with Crippen LogP contribution in [0.25, 0.3) is 10.9 Å². The largest absolute Gasteiger partial charge is 0.488 e. The van der Waals surface area contributed by atoms with E-state index in [0.29, 0.717) is 28.2 Å². The molecule has 0 radical (unpaired) electrons. The number of halogens is 1. The Labute approximate surface area is 193 Å². The fourth-order valence-electron chi connectivity index (χ4n) is 3.19. The third-order valence-corrected chi connectivity index (χ3v) is 5.03. The van der Waals surface area contributed by atoms with Crippen molar-refractivity contribution in [2.75, 3.05) is 5.32 Å². The van der Waals surface area contributed by atoms with Crippen molar-refractivity contribution in [1.29, 1.82) is 0 Å². The topological polar surface area (TPSA) is 124 Å². The summed E-state index contributed by atoms with van der Waals surface area (Å²) in [6, 6.07) is 18.9. The Balaban J connectivity index is 1.66. The number of primary amides is 1. The fraction of sp³-hybridized carbons (Fsp3) is 0.0417. The van der Waals surface area contributed by atoms with Gasteiger partial charge in [0.05, 0.1) is 21.8 Å². The smallest absolute Gasteiger partial charge is 0.409 e. The maximum Gasteiger partial charge on any atom is 0.409 e. The van der Waals surface area contributed by atoms with Crippen LogP contribution >= 0.6 is 11.6 Å². The van der Waals surface area contributed by atoms with Crippen molar-refractivity contribution < 1.29 is 24.2 Å². The predicted molar refractivity (Wildman–Crippen MR) is 124 cm³/mol. The molecule has 0 fully saturated rings. The van der Waals surface area contributed by atoms with E-state index in [-0.39, 0.29) is 22.9 Å². The monoisotopic (exact) mass is 463 g/mol. The van der Waals surface area contributed by atoms with Crippen molar-refractivity contribution in [3.8, 4) is 17.2 Å². The highest BCUT2D eigenvalue weighted by Gasteiger charge is 2.16. The number of ether oxygens (including phenoxy) is 2. The van der Waals surface area contributed by atoms with Crippen molar-refractivity contribution in [3.63, 3.8) is 0 Å². The first-order valence-corrected chi connectivity index (χ1v) is 10.1. The standard InChI is InChI=1S/C24H18ClN3O5/c25-18-10-15(6-7-19(18)28-24(30)31)33-21-8-9-27-20-12-22(17(23(26)29)11-16(20)21)32-13-14-4-2-1-3-5-14/h1-12,28H,13H2,(H2,26,29)(H,30,31). The maximum atomic E-state index is 12.1. The molecule has 1 heterocycles. The maximum absolute atomic E-state index is 12.1. The van der Waals surface area contributed by atoms with E-state index in [4.69, 9.17) is 31.9 Å². The molecule has 0 unspecified atom stereocenters. The number of nitrogens with zero attached hydrogens (tertiary/aromatic N) is 1. The lowest BCUT2D eigenvalue weighted by atomic mass is 10.1. The van der Waals surface area contributed by atoms with Gasteiger partial charge in [0, 0.05) is 23.7 Å². The van der Waals surface area contributed by atoms with Gasteiger partial charge in [0.15, 0.2) is 0 Å². The minimum absolute atomic E-state index is 0.169. The van der Waals surface area contributed by atoms with Gasteiger partial charge in [-0.15, -0.1) is 0 Å². The minimum Gasteiger partial charge on any atom is -0.488 e. The summed E-state index contributed by atoms with van der Waals surface area (Å²) in [5.74, 6) is 0.443. The number of carbonyl (C=O) groups is 2. The average molecular weight is 464 g/mol. The number of carboxylic acid groups (broad SMARTS) is 1. The molecule has 8 nitrogen and oxygen atoms in total. The zero-order valence-corrected chi connectivity index (χ0v) is 17.9. The average Bonchev–Trinajstić information content (AvgIpc) is 2.79. The number of carbonyl (C=O) groups excluding carboxylic acids is 1. The third kappa shape index (κ3) is 5.13. The number of fused-ring (bicyclic) bond motifs is 1. The zero-order valence-electron chi connectivity index (χ0n) is 17.1. The summed E-state index contributed by atoms with van der Waals surface area (Å²) in [7, 11) is 0. The number of hydrogen-bond donors (Lipinski definition) is 3. The lowest BCUT2D eigenvalue weighted by Gasteiger charge is -2.14. The molecule has 3 aromatic carbocycles. The number of nitrogens with two attached hydrogens (primary N) is 1. The molecule has 0 saturated heterocycles. The van der Waals surface area contributed by atoms with Gasteiger partial charge in [-0.1, -0.05) is 41.9 Å². The van der Waals surface area contributed by atoms with Crippen LogP contribution in [0.4, 0.5) is 10.5 Å². The summed E-state index contributed by atoms with van der Waals surface area (Å²) in [5.41, 5.74) is 7.50. The van der Waals surface area contributed by atoms with Crippen molar-refractivity contribution in [1.82, 2.24) is 4.98 Å². The molecule has 0 spiro atoms. The van der Waals surface area contributed by atoms with E-state index >= 15 is 0 Å². The molecule has 0 atom stereocenters. The Morgan fingerprint density at radius 3 is 2.52 bits per heavy atom. The van der Waals surface area contributed by atoms with Crippen LogP contribution in [0.1, 0.15) is 15.9 Å². The first-order valence-electron chi connectivity index (χ1n) is 9.77. The van der Waals surface area contributed by atoms with Crippen LogP contribution in [-0.2, 0) is 6.61 Å². The van der Waals surface area contributed by atoms with Crippen LogP contribution in [0, 0.1) is 0 Å². The summed E-state index contributed by atoms with van der Waals surface area (Å²) in [6.07, 6.45) is 0.333. The second kappa shape index (κ2) is 9.46. The Bertz CT molecular complexity index is 1350. The zero-order chi connectivity index (χ0) is 23.4. The van der Waals surface area contributed by atoms with E-state index < -0.39 is 12.0 Å². The summed E-state index contributed by atoms with van der Waals surface area (Å²) in [5, 5.41) is 11.8. The number of aromatic nitrogens is 1. The summed E-state index contributed by atoms with van der Waals surface area (Å²) >= 11 is 6.13. The van der Waals surface area contributed by atoms with Crippen LogP contribution in [0.5, 0.6) is 17.2 Å². The Morgan fingerprint density at radius 2 is 1.82 bits per heavy atom. The van der Waals surface area contributed by atoms with Gasteiger partial charge in [0.1, 0.15) is 23.9 Å². The molecular weight excluding hydrogens is 446 g/mol. The van der Waals surface area contributed by atoms with E-state index in [1.54, 1.807) is 30.5 Å². The van der Waals surface area contributed by atoms with Crippen LogP contribution in [0.3, 0.4) is 0 Å². The molecule has 9 heteroatoms. The van der Waals surface area contributed by atoms with Crippen molar-refractivity contribution in [2.24, 2.45) is 5.73 Å². The number of anilines is 1. The lowest BCUT2D eigenvalue weighted by molar-refractivity contribution is 0.0996. The summed E-state index contributed by atoms with van der Waals surface area (Å²) < 4.78 is 11.8. The highest BCUT2D eigenvalue weighted by Crippen LogP contribution is 2.35. The van der Waals surface area contributed by atoms with Gasteiger partial charge in [-0.25, -0.2) is 4.79 Å². The molecule has 0 saturated carbocycles. The molecular formula is C24H18ClN3O5. The molecule has 4 N–H and O–H groups in total. The van der Waals surface area contributed by atoms with Crippen LogP contribution in [0.2, 0.25) is 5.02 Å². The lowest BCUT2D eigenvalue weighted by Crippen LogP contribution is -2.13. The van der Waals surface area contributed by atoms with Gasteiger partial charge in [-0.05, 0) is 29.8 Å². The van der Waals surface area contributed by atoms with E-state index in [2.05, 4.69) is 10.3 Å². The number of rotatable bonds is 7. The molecule has 0 aliphatic rings. The van der Waals surface area contributed by atoms with Gasteiger partial charge in [0.25, 0.3) is 5.91 Å². The molecule has 0 bridgehead atoms. The number of amides is 2. The first kappa shape index (κ1) is 21.9. The molecule has 166 valence electrons. The molecule has 0 aliphatic heterocycles. The highest BCUT2D eigenvalue weighted by molar-refractivity contribution is 6.33. The van der Waals surface area contributed by atoms with Crippen molar-refractivity contribution in [2.45, 2.75) is 6.61 Å². The third-order valence-electron chi connectivity index (χ3n) is 4.72. The molecule has 1 aromatic heterocycles. The second-order valence-electron chi connectivity index (χ2n) is 6.99. The number of pyridine rings is 1. The minimum atomic E-state index is -1.23. The quantitative estimate of drug-likeness (QED) is 0.335. The Morgan fingerprint density at radius 1 is 1.03 bits per heavy atom. The Hall–Kier alpha value is -4.30. The number of hydrogen-bond acceptors (Lipinski definition) is 5. The van der Waals surface area contributed by atoms with E-state index in [0.717, 1.165) is 5.56 Å². The van der Waals surface area contributed by atoms with E-state index in [1.807, 2.05) is 30.3 Å². The van der Waals surface area contributed by atoms with Gasteiger partial charge in [-0.2, -0.15) is 0 Å². The van der Waals surface area contributed by atoms with Gasteiger partial charge < -0.3 is 20.3 Å². The molecule has 4 rings (SSSR count).